The minimum absolute atomic E-state index is 0.340. The number of rotatable bonds is 4. The van der Waals surface area contributed by atoms with E-state index in [4.69, 9.17) is 0 Å². The molecule has 1 N–H and O–H groups in total. The van der Waals surface area contributed by atoms with E-state index in [1.165, 1.54) is 18.4 Å². The lowest BCUT2D eigenvalue weighted by Crippen LogP contribution is -1.97. The highest BCUT2D eigenvalue weighted by molar-refractivity contribution is 5.28. The Morgan fingerprint density at radius 3 is 2.62 bits per heavy atom. The fourth-order valence-electron chi connectivity index (χ4n) is 1.54. The van der Waals surface area contributed by atoms with Crippen molar-refractivity contribution in [2.75, 3.05) is 0 Å². The summed E-state index contributed by atoms with van der Waals surface area (Å²) in [6.45, 7) is 4.01. The van der Waals surface area contributed by atoms with E-state index in [-0.39, 0.29) is 6.10 Å². The van der Waals surface area contributed by atoms with Gasteiger partial charge in [-0.25, -0.2) is 0 Å². The van der Waals surface area contributed by atoms with Crippen molar-refractivity contribution in [2.24, 2.45) is 0 Å². The molecule has 0 aliphatic heterocycles. The maximum atomic E-state index is 9.50. The van der Waals surface area contributed by atoms with Gasteiger partial charge in [-0.05, 0) is 30.9 Å². The van der Waals surface area contributed by atoms with Crippen molar-refractivity contribution in [1.29, 1.82) is 0 Å². The monoisotopic (exact) mass is 178 g/mol. The van der Waals surface area contributed by atoms with Crippen LogP contribution in [0.1, 0.15) is 43.9 Å². The molecule has 13 heavy (non-hydrogen) atoms. The van der Waals surface area contributed by atoms with Crippen molar-refractivity contribution in [3.63, 3.8) is 0 Å². The van der Waals surface area contributed by atoms with E-state index in [2.05, 4.69) is 13.0 Å². The largest absolute Gasteiger partial charge is 0.389 e. The molecule has 0 saturated heterocycles. The van der Waals surface area contributed by atoms with Crippen LogP contribution in [0.4, 0.5) is 0 Å². The normalized spacial score (nSPS) is 12.8. The molecule has 72 valence electrons. The molecule has 0 fully saturated rings. The second-order valence-corrected chi connectivity index (χ2v) is 3.48. The molecule has 0 radical (unpaired) electrons. The third-order valence-corrected chi connectivity index (χ3v) is 2.30. The van der Waals surface area contributed by atoms with Gasteiger partial charge in [0, 0.05) is 0 Å². The second kappa shape index (κ2) is 5.03. The predicted octanol–water partition coefficient (Wildman–Crippen LogP) is 3.08. The number of unbranched alkanes of at least 4 members (excludes halogenated alkanes) is 1. The molecule has 1 unspecified atom stereocenters. The summed E-state index contributed by atoms with van der Waals surface area (Å²) >= 11 is 0. The number of aliphatic hydroxyl groups excluding tert-OH is 1. The van der Waals surface area contributed by atoms with E-state index < -0.39 is 0 Å². The van der Waals surface area contributed by atoms with Crippen LogP contribution in [0.25, 0.3) is 0 Å². The van der Waals surface area contributed by atoms with Gasteiger partial charge in [0.1, 0.15) is 0 Å². The summed E-state index contributed by atoms with van der Waals surface area (Å²) in [7, 11) is 0. The third-order valence-electron chi connectivity index (χ3n) is 2.30. The second-order valence-electron chi connectivity index (χ2n) is 3.48. The minimum Gasteiger partial charge on any atom is -0.389 e. The Morgan fingerprint density at radius 2 is 2.00 bits per heavy atom. The lowest BCUT2D eigenvalue weighted by Gasteiger charge is -2.10. The molecule has 0 bridgehead atoms. The molecule has 1 aromatic rings. The fraction of sp³-hybridized carbons (Fsp3) is 0.500. The summed E-state index contributed by atoms with van der Waals surface area (Å²) in [5.74, 6) is 0. The van der Waals surface area contributed by atoms with Crippen LogP contribution in [0.2, 0.25) is 0 Å². The van der Waals surface area contributed by atoms with Gasteiger partial charge in [0.15, 0.2) is 0 Å². The van der Waals surface area contributed by atoms with Crippen LogP contribution in [-0.4, -0.2) is 5.11 Å². The quantitative estimate of drug-likeness (QED) is 0.751. The summed E-state index contributed by atoms with van der Waals surface area (Å²) in [5, 5.41) is 9.50. The molecule has 0 spiro atoms. The predicted molar refractivity (Wildman–Crippen MR) is 55.7 cm³/mol. The zero-order valence-electron chi connectivity index (χ0n) is 8.46. The van der Waals surface area contributed by atoms with Gasteiger partial charge in [0.25, 0.3) is 0 Å². The van der Waals surface area contributed by atoms with E-state index in [1.54, 1.807) is 0 Å². The molecule has 0 aliphatic carbocycles. The fourth-order valence-corrected chi connectivity index (χ4v) is 1.54. The molecule has 1 heteroatoms. The van der Waals surface area contributed by atoms with Crippen LogP contribution in [0, 0.1) is 0 Å². The first-order valence-corrected chi connectivity index (χ1v) is 5.01. The van der Waals surface area contributed by atoms with Gasteiger partial charge in [0.05, 0.1) is 6.10 Å². The highest BCUT2D eigenvalue weighted by Gasteiger charge is 2.05. The standard InChI is InChI=1S/C12H18O/c1-3-4-7-11-8-5-6-9-12(11)10(2)13/h5-6,8-10,13H,3-4,7H2,1-2H3. The van der Waals surface area contributed by atoms with Crippen molar-refractivity contribution in [3.8, 4) is 0 Å². The molecule has 1 atom stereocenters. The number of hydrogen-bond donors (Lipinski definition) is 1. The summed E-state index contributed by atoms with van der Waals surface area (Å²) in [5.41, 5.74) is 2.37. The number of hydrogen-bond acceptors (Lipinski definition) is 1. The molecule has 0 saturated carbocycles. The van der Waals surface area contributed by atoms with Gasteiger partial charge in [-0.1, -0.05) is 37.6 Å². The molecule has 1 nitrogen and oxygen atoms in total. The number of aryl methyl sites for hydroxylation is 1. The first-order valence-electron chi connectivity index (χ1n) is 5.01. The van der Waals surface area contributed by atoms with Crippen LogP contribution in [0.15, 0.2) is 24.3 Å². The summed E-state index contributed by atoms with van der Waals surface area (Å²) in [6.07, 6.45) is 3.14. The summed E-state index contributed by atoms with van der Waals surface area (Å²) in [4.78, 5) is 0. The van der Waals surface area contributed by atoms with Gasteiger partial charge >= 0.3 is 0 Å². The smallest absolute Gasteiger partial charge is 0.0764 e. The Labute approximate surface area is 80.4 Å². The van der Waals surface area contributed by atoms with Crippen molar-refractivity contribution in [2.45, 2.75) is 39.2 Å². The van der Waals surface area contributed by atoms with Gasteiger partial charge in [-0.15, -0.1) is 0 Å². The highest BCUT2D eigenvalue weighted by Crippen LogP contribution is 2.18. The Kier molecular flexibility index (Phi) is 3.97. The Morgan fingerprint density at radius 1 is 1.31 bits per heavy atom. The number of benzene rings is 1. The van der Waals surface area contributed by atoms with E-state index in [9.17, 15) is 5.11 Å². The van der Waals surface area contributed by atoms with Crippen LogP contribution in [0.5, 0.6) is 0 Å². The van der Waals surface area contributed by atoms with Crippen LogP contribution >= 0.6 is 0 Å². The van der Waals surface area contributed by atoms with E-state index in [0.29, 0.717) is 0 Å². The van der Waals surface area contributed by atoms with Gasteiger partial charge < -0.3 is 5.11 Å². The summed E-state index contributed by atoms with van der Waals surface area (Å²) in [6, 6.07) is 8.14. The Hall–Kier alpha value is -0.820. The average molecular weight is 178 g/mol. The lowest BCUT2D eigenvalue weighted by molar-refractivity contribution is 0.198. The zero-order valence-corrected chi connectivity index (χ0v) is 8.46. The molecular formula is C12H18O. The zero-order chi connectivity index (χ0) is 9.68. The maximum Gasteiger partial charge on any atom is 0.0764 e. The average Bonchev–Trinajstić information content (AvgIpc) is 2.15. The molecule has 1 aromatic carbocycles. The van der Waals surface area contributed by atoms with E-state index in [1.807, 2.05) is 25.1 Å². The number of aliphatic hydroxyl groups is 1. The van der Waals surface area contributed by atoms with Crippen molar-refractivity contribution in [3.05, 3.63) is 35.4 Å². The van der Waals surface area contributed by atoms with Crippen molar-refractivity contribution < 1.29 is 5.11 Å². The highest BCUT2D eigenvalue weighted by atomic mass is 16.3. The van der Waals surface area contributed by atoms with E-state index in [0.717, 1.165) is 12.0 Å². The minimum atomic E-state index is -0.340. The van der Waals surface area contributed by atoms with Crippen LogP contribution in [0.3, 0.4) is 0 Å². The summed E-state index contributed by atoms with van der Waals surface area (Å²) < 4.78 is 0. The molecule has 1 rings (SSSR count). The molecule has 0 aliphatic rings. The molecule has 0 aromatic heterocycles. The molecule has 0 amide bonds. The topological polar surface area (TPSA) is 20.2 Å². The maximum absolute atomic E-state index is 9.50. The third kappa shape index (κ3) is 2.85. The molecule has 0 heterocycles. The van der Waals surface area contributed by atoms with Gasteiger partial charge in [0.2, 0.25) is 0 Å². The first-order chi connectivity index (χ1) is 6.25. The lowest BCUT2D eigenvalue weighted by atomic mass is 9.99. The van der Waals surface area contributed by atoms with Crippen LogP contribution in [-0.2, 0) is 6.42 Å². The molecular weight excluding hydrogens is 160 g/mol. The SMILES string of the molecule is CCCCc1ccccc1C(C)O. The van der Waals surface area contributed by atoms with E-state index >= 15 is 0 Å². The van der Waals surface area contributed by atoms with Crippen LogP contribution < -0.4 is 0 Å². The Balaban J connectivity index is 2.78. The van der Waals surface area contributed by atoms with Crippen molar-refractivity contribution >= 4 is 0 Å². The Bertz CT molecular complexity index is 253. The van der Waals surface area contributed by atoms with Gasteiger partial charge in [-0.2, -0.15) is 0 Å². The first kappa shape index (κ1) is 10.3. The van der Waals surface area contributed by atoms with Gasteiger partial charge in [-0.3, -0.25) is 0 Å². The van der Waals surface area contributed by atoms with Crippen molar-refractivity contribution in [1.82, 2.24) is 0 Å².